The molecular formula is C23H27N3O3. The second kappa shape index (κ2) is 9.94. The van der Waals surface area contributed by atoms with Gasteiger partial charge in [0.25, 0.3) is 0 Å². The Morgan fingerprint density at radius 1 is 1.21 bits per heavy atom. The number of para-hydroxylation sites is 1. The third kappa shape index (κ3) is 4.87. The molecule has 2 aromatic rings. The third-order valence-electron chi connectivity index (χ3n) is 5.32. The lowest BCUT2D eigenvalue weighted by Gasteiger charge is -2.29. The van der Waals surface area contributed by atoms with Gasteiger partial charge in [0.15, 0.2) is 0 Å². The minimum absolute atomic E-state index is 0.00540. The molecule has 6 nitrogen and oxygen atoms in total. The van der Waals surface area contributed by atoms with Crippen molar-refractivity contribution in [1.29, 1.82) is 5.26 Å². The van der Waals surface area contributed by atoms with E-state index in [9.17, 15) is 4.79 Å². The van der Waals surface area contributed by atoms with Crippen molar-refractivity contribution < 1.29 is 14.3 Å². The molecule has 0 N–H and O–H groups in total. The largest absolute Gasteiger partial charge is 0.497 e. The van der Waals surface area contributed by atoms with Gasteiger partial charge in [-0.2, -0.15) is 5.26 Å². The molecule has 1 heterocycles. The van der Waals surface area contributed by atoms with E-state index >= 15 is 0 Å². The van der Waals surface area contributed by atoms with Crippen LogP contribution >= 0.6 is 0 Å². The van der Waals surface area contributed by atoms with Gasteiger partial charge in [-0.3, -0.25) is 9.69 Å². The topological polar surface area (TPSA) is 65.8 Å². The van der Waals surface area contributed by atoms with E-state index < -0.39 is 0 Å². The predicted molar refractivity (Wildman–Crippen MR) is 112 cm³/mol. The summed E-state index contributed by atoms with van der Waals surface area (Å²) >= 11 is 0. The molecule has 0 bridgehead atoms. The zero-order valence-corrected chi connectivity index (χ0v) is 17.0. The molecule has 0 spiro atoms. The molecule has 1 atom stereocenters. The van der Waals surface area contributed by atoms with Crippen molar-refractivity contribution in [3.05, 3.63) is 54.1 Å². The van der Waals surface area contributed by atoms with Crippen molar-refractivity contribution in [1.82, 2.24) is 4.90 Å². The SMILES string of the molecule is COc1ccc(C2CCCN2CC(=O)N(CCC#N)c2ccccc2)c(OC)c1. The van der Waals surface area contributed by atoms with Crippen LogP contribution in [0.4, 0.5) is 5.69 Å². The van der Waals surface area contributed by atoms with Gasteiger partial charge in [0.1, 0.15) is 11.5 Å². The van der Waals surface area contributed by atoms with Gasteiger partial charge in [-0.15, -0.1) is 0 Å². The number of methoxy groups -OCH3 is 2. The molecule has 1 aliphatic rings. The van der Waals surface area contributed by atoms with Crippen molar-refractivity contribution >= 4 is 11.6 Å². The van der Waals surface area contributed by atoms with Gasteiger partial charge in [-0.25, -0.2) is 0 Å². The number of hydrogen-bond acceptors (Lipinski definition) is 5. The Bertz CT molecular complexity index is 863. The van der Waals surface area contributed by atoms with Crippen LogP contribution in [-0.2, 0) is 4.79 Å². The van der Waals surface area contributed by atoms with Gasteiger partial charge in [0, 0.05) is 29.9 Å². The summed E-state index contributed by atoms with van der Waals surface area (Å²) in [6.45, 7) is 1.55. The molecule has 0 radical (unpaired) electrons. The molecule has 1 amide bonds. The highest BCUT2D eigenvalue weighted by molar-refractivity contribution is 5.94. The molecule has 1 saturated heterocycles. The third-order valence-corrected chi connectivity index (χ3v) is 5.32. The van der Waals surface area contributed by atoms with Crippen LogP contribution in [0.25, 0.3) is 0 Å². The van der Waals surface area contributed by atoms with Crippen molar-refractivity contribution in [2.75, 3.05) is 38.8 Å². The normalized spacial score (nSPS) is 16.2. The number of hydrogen-bond donors (Lipinski definition) is 0. The summed E-state index contributed by atoms with van der Waals surface area (Å²) in [6, 6.07) is 17.6. The van der Waals surface area contributed by atoms with Crippen LogP contribution in [0.2, 0.25) is 0 Å². The first-order chi connectivity index (χ1) is 14.2. The van der Waals surface area contributed by atoms with Crippen molar-refractivity contribution in [3.8, 4) is 17.6 Å². The van der Waals surface area contributed by atoms with E-state index in [1.165, 1.54) is 0 Å². The first-order valence-electron chi connectivity index (χ1n) is 9.86. The summed E-state index contributed by atoms with van der Waals surface area (Å²) in [5.74, 6) is 1.53. The maximum atomic E-state index is 13.2. The van der Waals surface area contributed by atoms with Gasteiger partial charge >= 0.3 is 0 Å². The number of benzene rings is 2. The second-order valence-corrected chi connectivity index (χ2v) is 7.03. The Morgan fingerprint density at radius 2 is 2.00 bits per heavy atom. The Morgan fingerprint density at radius 3 is 2.69 bits per heavy atom. The van der Waals surface area contributed by atoms with E-state index in [-0.39, 0.29) is 11.9 Å². The van der Waals surface area contributed by atoms with Gasteiger partial charge in [-0.05, 0) is 37.6 Å². The highest BCUT2D eigenvalue weighted by Gasteiger charge is 2.31. The minimum atomic E-state index is 0.00540. The fourth-order valence-corrected chi connectivity index (χ4v) is 3.89. The highest BCUT2D eigenvalue weighted by Crippen LogP contribution is 2.38. The van der Waals surface area contributed by atoms with Crippen LogP contribution in [0.15, 0.2) is 48.5 Å². The quantitative estimate of drug-likeness (QED) is 0.683. The molecule has 0 aromatic heterocycles. The fraction of sp³-hybridized carbons (Fsp3) is 0.391. The number of nitrogens with zero attached hydrogens (tertiary/aromatic N) is 3. The molecule has 1 aliphatic heterocycles. The number of nitriles is 1. The molecule has 0 saturated carbocycles. The van der Waals surface area contributed by atoms with E-state index in [0.29, 0.717) is 19.5 Å². The Balaban J connectivity index is 1.79. The number of ether oxygens (including phenoxy) is 2. The number of carbonyl (C=O) groups excluding carboxylic acids is 1. The monoisotopic (exact) mass is 393 g/mol. The van der Waals surface area contributed by atoms with E-state index in [4.69, 9.17) is 14.7 Å². The number of likely N-dealkylation sites (tertiary alicyclic amines) is 1. The molecule has 152 valence electrons. The lowest BCUT2D eigenvalue weighted by atomic mass is 10.0. The van der Waals surface area contributed by atoms with Gasteiger partial charge < -0.3 is 14.4 Å². The minimum Gasteiger partial charge on any atom is -0.497 e. The zero-order chi connectivity index (χ0) is 20.6. The lowest BCUT2D eigenvalue weighted by Crippen LogP contribution is -2.40. The van der Waals surface area contributed by atoms with Crippen LogP contribution in [0.5, 0.6) is 11.5 Å². The number of amides is 1. The molecule has 1 unspecified atom stereocenters. The molecule has 2 aromatic carbocycles. The summed E-state index contributed by atoms with van der Waals surface area (Å²) in [7, 11) is 3.29. The fourth-order valence-electron chi connectivity index (χ4n) is 3.89. The van der Waals surface area contributed by atoms with Gasteiger partial charge in [0.2, 0.25) is 5.91 Å². The van der Waals surface area contributed by atoms with Crippen LogP contribution in [-0.4, -0.2) is 44.7 Å². The summed E-state index contributed by atoms with van der Waals surface area (Å²) in [5.41, 5.74) is 1.90. The van der Waals surface area contributed by atoms with Crippen LogP contribution < -0.4 is 14.4 Å². The number of anilines is 1. The van der Waals surface area contributed by atoms with Crippen LogP contribution in [0, 0.1) is 11.3 Å². The Hall–Kier alpha value is -3.04. The predicted octanol–water partition coefficient (Wildman–Crippen LogP) is 3.79. The van der Waals surface area contributed by atoms with E-state index in [1.807, 2.05) is 48.5 Å². The van der Waals surface area contributed by atoms with E-state index in [2.05, 4.69) is 11.0 Å². The van der Waals surface area contributed by atoms with Crippen LogP contribution in [0.1, 0.15) is 30.9 Å². The van der Waals surface area contributed by atoms with E-state index in [0.717, 1.165) is 42.1 Å². The summed E-state index contributed by atoms with van der Waals surface area (Å²) in [6.07, 6.45) is 2.30. The van der Waals surface area contributed by atoms with Crippen molar-refractivity contribution in [3.63, 3.8) is 0 Å². The maximum absolute atomic E-state index is 13.2. The molecule has 1 fully saturated rings. The molecule has 3 rings (SSSR count). The van der Waals surface area contributed by atoms with Crippen molar-refractivity contribution in [2.24, 2.45) is 0 Å². The first kappa shape index (κ1) is 20.7. The lowest BCUT2D eigenvalue weighted by molar-refractivity contribution is -0.120. The summed E-state index contributed by atoms with van der Waals surface area (Å²) < 4.78 is 10.9. The highest BCUT2D eigenvalue weighted by atomic mass is 16.5. The summed E-state index contributed by atoms with van der Waals surface area (Å²) in [5, 5.41) is 9.00. The molecule has 6 heteroatoms. The standard InChI is InChI=1S/C23H27N3O3/c1-28-19-11-12-20(22(16-19)29-2)21-10-6-14-25(21)17-23(27)26(15-7-13-24)18-8-4-3-5-9-18/h3-5,8-9,11-12,16,21H,6-7,10,14-15,17H2,1-2H3. The first-order valence-corrected chi connectivity index (χ1v) is 9.86. The average Bonchev–Trinajstić information content (AvgIpc) is 3.22. The smallest absolute Gasteiger partial charge is 0.241 e. The molecule has 0 aliphatic carbocycles. The second-order valence-electron chi connectivity index (χ2n) is 7.03. The number of rotatable bonds is 8. The Labute approximate surface area is 172 Å². The zero-order valence-electron chi connectivity index (χ0n) is 17.0. The van der Waals surface area contributed by atoms with Crippen LogP contribution in [0.3, 0.4) is 0 Å². The maximum Gasteiger partial charge on any atom is 0.241 e. The molecular weight excluding hydrogens is 366 g/mol. The Kier molecular flexibility index (Phi) is 7.09. The van der Waals surface area contributed by atoms with Crippen molar-refractivity contribution in [2.45, 2.75) is 25.3 Å². The molecule has 29 heavy (non-hydrogen) atoms. The average molecular weight is 393 g/mol. The van der Waals surface area contributed by atoms with Gasteiger partial charge in [0.05, 0.1) is 33.3 Å². The van der Waals surface area contributed by atoms with Gasteiger partial charge in [-0.1, -0.05) is 24.3 Å². The number of carbonyl (C=O) groups is 1. The van der Waals surface area contributed by atoms with E-state index in [1.54, 1.807) is 19.1 Å². The summed E-state index contributed by atoms with van der Waals surface area (Å²) in [4.78, 5) is 17.1.